The molecule has 0 aromatic heterocycles. The van der Waals surface area contributed by atoms with Crippen LogP contribution in [0.15, 0.2) is 54.6 Å². The fraction of sp³-hybridized carbons (Fsp3) is 0.235. The summed E-state index contributed by atoms with van der Waals surface area (Å²) in [4.78, 5) is 12.0. The first-order valence-electron chi connectivity index (χ1n) is 6.94. The average molecular weight is 286 g/mol. The van der Waals surface area contributed by atoms with Gasteiger partial charge in [-0.3, -0.25) is 4.79 Å². The number of hydrogen-bond donors (Lipinski definition) is 2. The summed E-state index contributed by atoms with van der Waals surface area (Å²) in [7, 11) is 0. The molecular weight excluding hydrogens is 267 g/mol. The number of primary amides is 1. The Bertz CT molecular complexity index is 615. The quantitative estimate of drug-likeness (QED) is 0.857. The molecule has 3 N–H and O–H groups in total. The molecule has 1 amide bonds. The van der Waals surface area contributed by atoms with Crippen LogP contribution in [0.1, 0.15) is 18.9 Å². The van der Waals surface area contributed by atoms with Crippen LogP contribution in [0.25, 0.3) is 0 Å². The third kappa shape index (κ3) is 3.40. The summed E-state index contributed by atoms with van der Waals surface area (Å²) in [6.07, 6.45) is 0.875. The van der Waals surface area contributed by atoms with Gasteiger partial charge in [-0.15, -0.1) is 0 Å². The molecule has 4 heteroatoms. The van der Waals surface area contributed by atoms with Crippen molar-refractivity contribution in [1.82, 2.24) is 0 Å². The van der Waals surface area contributed by atoms with E-state index in [4.69, 9.17) is 5.73 Å². The predicted molar refractivity (Wildman–Crippen MR) is 82.4 cm³/mol. The molecule has 0 saturated carbocycles. The van der Waals surface area contributed by atoms with Crippen molar-refractivity contribution in [2.75, 3.05) is 5.32 Å². The van der Waals surface area contributed by atoms with Gasteiger partial charge in [0.05, 0.1) is 5.69 Å². The number of benzene rings is 2. The van der Waals surface area contributed by atoms with Crippen LogP contribution in [0.5, 0.6) is 0 Å². The van der Waals surface area contributed by atoms with E-state index in [0.29, 0.717) is 12.8 Å². The van der Waals surface area contributed by atoms with Crippen molar-refractivity contribution in [1.29, 1.82) is 0 Å². The molecule has 0 saturated heterocycles. The zero-order chi connectivity index (χ0) is 15.3. The van der Waals surface area contributed by atoms with Crippen LogP contribution in [-0.4, -0.2) is 11.4 Å². The molecule has 1 atom stereocenters. The number of carbonyl (C=O) groups excluding carboxylic acids is 1. The number of rotatable bonds is 6. The maximum atomic E-state index is 13.8. The molecule has 2 rings (SSSR count). The largest absolute Gasteiger partial charge is 0.369 e. The van der Waals surface area contributed by atoms with Gasteiger partial charge in [0.2, 0.25) is 5.91 Å². The Morgan fingerprint density at radius 3 is 2.33 bits per heavy atom. The standard InChI is InChI=1S/C17H19FN2O/c1-2-17(16(19)21,12-13-8-4-3-5-9-13)20-15-11-7-6-10-14(15)18/h3-11,20H,2,12H2,1H3,(H2,19,21). The Labute approximate surface area is 124 Å². The number of nitrogens with two attached hydrogens (primary N) is 1. The van der Waals surface area contributed by atoms with Crippen LogP contribution >= 0.6 is 0 Å². The summed E-state index contributed by atoms with van der Waals surface area (Å²) in [5.41, 5.74) is 5.85. The zero-order valence-corrected chi connectivity index (χ0v) is 12.0. The first kappa shape index (κ1) is 15.0. The van der Waals surface area contributed by atoms with Crippen molar-refractivity contribution in [3.05, 3.63) is 66.0 Å². The first-order valence-corrected chi connectivity index (χ1v) is 6.94. The molecule has 0 aliphatic rings. The highest BCUT2D eigenvalue weighted by atomic mass is 19.1. The number of carbonyl (C=O) groups is 1. The molecule has 0 heterocycles. The Hall–Kier alpha value is -2.36. The molecule has 2 aromatic rings. The fourth-order valence-electron chi connectivity index (χ4n) is 2.35. The number of amides is 1. The van der Waals surface area contributed by atoms with Crippen molar-refractivity contribution in [3.63, 3.8) is 0 Å². The van der Waals surface area contributed by atoms with Crippen LogP contribution in [-0.2, 0) is 11.2 Å². The minimum Gasteiger partial charge on any atom is -0.369 e. The molecule has 1 unspecified atom stereocenters. The summed E-state index contributed by atoms with van der Waals surface area (Å²) >= 11 is 0. The SMILES string of the molecule is CCC(Cc1ccccc1)(Nc1ccccc1F)C(N)=O. The summed E-state index contributed by atoms with van der Waals surface area (Å²) < 4.78 is 13.8. The summed E-state index contributed by atoms with van der Waals surface area (Å²) in [5, 5.41) is 3.01. The highest BCUT2D eigenvalue weighted by Gasteiger charge is 2.35. The lowest BCUT2D eigenvalue weighted by Crippen LogP contribution is -2.52. The lowest BCUT2D eigenvalue weighted by Gasteiger charge is -2.32. The molecule has 2 aromatic carbocycles. The predicted octanol–water partition coefficient (Wildman–Crippen LogP) is 3.11. The van der Waals surface area contributed by atoms with Gasteiger partial charge in [0.25, 0.3) is 0 Å². The minimum absolute atomic E-state index is 0.286. The van der Waals surface area contributed by atoms with Gasteiger partial charge in [0.15, 0.2) is 0 Å². The first-order chi connectivity index (χ1) is 10.1. The van der Waals surface area contributed by atoms with Crippen molar-refractivity contribution in [2.45, 2.75) is 25.3 Å². The van der Waals surface area contributed by atoms with Gasteiger partial charge in [-0.25, -0.2) is 4.39 Å². The maximum Gasteiger partial charge on any atom is 0.243 e. The van der Waals surface area contributed by atoms with E-state index in [1.165, 1.54) is 6.07 Å². The van der Waals surface area contributed by atoms with E-state index in [-0.39, 0.29) is 5.69 Å². The van der Waals surface area contributed by atoms with E-state index in [1.807, 2.05) is 37.3 Å². The molecule has 0 fully saturated rings. The summed E-state index contributed by atoms with van der Waals surface area (Å²) in [6.45, 7) is 1.86. The highest BCUT2D eigenvalue weighted by Crippen LogP contribution is 2.25. The Morgan fingerprint density at radius 1 is 1.14 bits per heavy atom. The van der Waals surface area contributed by atoms with E-state index < -0.39 is 17.3 Å². The van der Waals surface area contributed by atoms with Crippen LogP contribution in [0.4, 0.5) is 10.1 Å². The van der Waals surface area contributed by atoms with E-state index in [1.54, 1.807) is 18.2 Å². The molecule has 0 aliphatic heterocycles. The van der Waals surface area contributed by atoms with Crippen LogP contribution < -0.4 is 11.1 Å². The van der Waals surface area contributed by atoms with Gasteiger partial charge in [0, 0.05) is 6.42 Å². The van der Waals surface area contributed by atoms with Crippen molar-refractivity contribution < 1.29 is 9.18 Å². The van der Waals surface area contributed by atoms with Crippen molar-refractivity contribution in [3.8, 4) is 0 Å². The third-order valence-corrected chi connectivity index (χ3v) is 3.67. The second-order valence-electron chi connectivity index (χ2n) is 5.07. The third-order valence-electron chi connectivity index (χ3n) is 3.67. The summed E-state index contributed by atoms with van der Waals surface area (Å²) in [5.74, 6) is -0.887. The van der Waals surface area contributed by atoms with Gasteiger partial charge in [0.1, 0.15) is 11.4 Å². The summed E-state index contributed by atoms with van der Waals surface area (Å²) in [6, 6.07) is 15.9. The lowest BCUT2D eigenvalue weighted by atomic mass is 9.87. The average Bonchev–Trinajstić information content (AvgIpc) is 2.49. The van der Waals surface area contributed by atoms with E-state index in [0.717, 1.165) is 5.56 Å². The highest BCUT2D eigenvalue weighted by molar-refractivity contribution is 5.88. The minimum atomic E-state index is -1.01. The molecule has 0 bridgehead atoms. The van der Waals surface area contributed by atoms with E-state index >= 15 is 0 Å². The van der Waals surface area contributed by atoms with Gasteiger partial charge < -0.3 is 11.1 Å². The molecule has 0 aliphatic carbocycles. The van der Waals surface area contributed by atoms with Gasteiger partial charge in [-0.2, -0.15) is 0 Å². The molecule has 110 valence electrons. The lowest BCUT2D eigenvalue weighted by molar-refractivity contribution is -0.122. The van der Waals surface area contributed by atoms with Crippen molar-refractivity contribution >= 4 is 11.6 Å². The zero-order valence-electron chi connectivity index (χ0n) is 12.0. The molecule has 21 heavy (non-hydrogen) atoms. The monoisotopic (exact) mass is 286 g/mol. The normalized spacial score (nSPS) is 13.4. The molecule has 0 spiro atoms. The number of anilines is 1. The smallest absolute Gasteiger partial charge is 0.243 e. The molecule has 3 nitrogen and oxygen atoms in total. The Balaban J connectivity index is 2.33. The van der Waals surface area contributed by atoms with Crippen LogP contribution in [0, 0.1) is 5.82 Å². The Kier molecular flexibility index (Phi) is 4.58. The maximum absolute atomic E-state index is 13.8. The molecule has 0 radical (unpaired) electrons. The van der Waals surface area contributed by atoms with Gasteiger partial charge >= 0.3 is 0 Å². The van der Waals surface area contributed by atoms with Gasteiger partial charge in [-0.1, -0.05) is 49.4 Å². The second-order valence-corrected chi connectivity index (χ2v) is 5.07. The topological polar surface area (TPSA) is 55.1 Å². The number of para-hydroxylation sites is 1. The van der Waals surface area contributed by atoms with Crippen molar-refractivity contribution in [2.24, 2.45) is 5.73 Å². The molecular formula is C17H19FN2O. The van der Waals surface area contributed by atoms with E-state index in [2.05, 4.69) is 5.32 Å². The number of nitrogens with one attached hydrogen (secondary N) is 1. The second kappa shape index (κ2) is 6.39. The fourth-order valence-corrected chi connectivity index (χ4v) is 2.35. The van der Waals surface area contributed by atoms with Gasteiger partial charge in [-0.05, 0) is 24.1 Å². The number of halogens is 1. The van der Waals surface area contributed by atoms with Crippen LogP contribution in [0.3, 0.4) is 0 Å². The Morgan fingerprint density at radius 2 is 1.76 bits per heavy atom. The van der Waals surface area contributed by atoms with E-state index in [9.17, 15) is 9.18 Å². The van der Waals surface area contributed by atoms with Crippen LogP contribution in [0.2, 0.25) is 0 Å². The number of hydrogen-bond acceptors (Lipinski definition) is 2.